The molecule has 84 valence electrons. The maximum Gasteiger partial charge on any atom is 0.151 e. The Morgan fingerprint density at radius 1 is 1.47 bits per heavy atom. The molecule has 0 bridgehead atoms. The SMILES string of the molecule is CCCC(C)(O)CNc1ccc(Cl)nn1. The smallest absolute Gasteiger partial charge is 0.151 e. The number of aromatic nitrogens is 2. The first-order chi connectivity index (χ1) is 7.03. The van der Waals surface area contributed by atoms with Crippen LogP contribution in [0.4, 0.5) is 5.82 Å². The number of hydrogen-bond acceptors (Lipinski definition) is 4. The fraction of sp³-hybridized carbons (Fsp3) is 0.600. The third-order valence-corrected chi connectivity index (χ3v) is 2.27. The van der Waals surface area contributed by atoms with Gasteiger partial charge < -0.3 is 10.4 Å². The quantitative estimate of drug-likeness (QED) is 0.812. The Morgan fingerprint density at radius 3 is 2.73 bits per heavy atom. The van der Waals surface area contributed by atoms with E-state index < -0.39 is 5.60 Å². The molecule has 0 saturated heterocycles. The average molecular weight is 230 g/mol. The van der Waals surface area contributed by atoms with E-state index in [1.54, 1.807) is 19.1 Å². The highest BCUT2D eigenvalue weighted by Crippen LogP contribution is 2.13. The van der Waals surface area contributed by atoms with Crippen LogP contribution in [0, 0.1) is 0 Å². The summed E-state index contributed by atoms with van der Waals surface area (Å²) >= 11 is 5.60. The van der Waals surface area contributed by atoms with Crippen molar-refractivity contribution in [1.29, 1.82) is 0 Å². The lowest BCUT2D eigenvalue weighted by molar-refractivity contribution is 0.0636. The highest BCUT2D eigenvalue weighted by Gasteiger charge is 2.18. The molecule has 1 aromatic rings. The van der Waals surface area contributed by atoms with E-state index in [9.17, 15) is 5.11 Å². The number of rotatable bonds is 5. The first-order valence-corrected chi connectivity index (χ1v) is 5.37. The minimum Gasteiger partial charge on any atom is -0.388 e. The predicted molar refractivity (Wildman–Crippen MR) is 61.1 cm³/mol. The molecule has 1 atom stereocenters. The normalized spacial score (nSPS) is 14.7. The standard InChI is InChI=1S/C10H16ClN3O/c1-3-6-10(2,15)7-12-9-5-4-8(11)13-14-9/h4-5,15H,3,6-7H2,1-2H3,(H,12,14). The van der Waals surface area contributed by atoms with Crippen LogP contribution in [0.15, 0.2) is 12.1 Å². The molecular weight excluding hydrogens is 214 g/mol. The van der Waals surface area contributed by atoms with E-state index in [2.05, 4.69) is 15.5 Å². The summed E-state index contributed by atoms with van der Waals surface area (Å²) < 4.78 is 0. The summed E-state index contributed by atoms with van der Waals surface area (Å²) in [7, 11) is 0. The lowest BCUT2D eigenvalue weighted by atomic mass is 10.0. The highest BCUT2D eigenvalue weighted by atomic mass is 35.5. The van der Waals surface area contributed by atoms with Crippen LogP contribution >= 0.6 is 11.6 Å². The molecule has 0 aliphatic rings. The van der Waals surface area contributed by atoms with E-state index in [0.717, 1.165) is 12.8 Å². The molecule has 5 heteroatoms. The monoisotopic (exact) mass is 229 g/mol. The molecular formula is C10H16ClN3O. The van der Waals surface area contributed by atoms with Crippen LogP contribution in [0.25, 0.3) is 0 Å². The third-order valence-electron chi connectivity index (χ3n) is 2.07. The zero-order chi connectivity index (χ0) is 11.3. The molecule has 4 nitrogen and oxygen atoms in total. The van der Waals surface area contributed by atoms with E-state index in [4.69, 9.17) is 11.6 Å². The number of nitrogens with one attached hydrogen (secondary N) is 1. The van der Waals surface area contributed by atoms with Crippen molar-refractivity contribution in [3.8, 4) is 0 Å². The van der Waals surface area contributed by atoms with Gasteiger partial charge in [0.2, 0.25) is 0 Å². The van der Waals surface area contributed by atoms with Gasteiger partial charge in [-0.3, -0.25) is 0 Å². The second-order valence-corrected chi connectivity index (χ2v) is 4.23. The van der Waals surface area contributed by atoms with Crippen molar-refractivity contribution < 1.29 is 5.11 Å². The number of anilines is 1. The second-order valence-electron chi connectivity index (χ2n) is 3.84. The first kappa shape index (κ1) is 12.2. The maximum absolute atomic E-state index is 9.89. The number of aliphatic hydroxyl groups is 1. The summed E-state index contributed by atoms with van der Waals surface area (Å²) in [5.41, 5.74) is -0.712. The Kier molecular flexibility index (Phi) is 4.29. The topological polar surface area (TPSA) is 58.0 Å². The van der Waals surface area contributed by atoms with Crippen molar-refractivity contribution in [3.05, 3.63) is 17.3 Å². The molecule has 0 fully saturated rings. The molecule has 15 heavy (non-hydrogen) atoms. The zero-order valence-electron chi connectivity index (χ0n) is 9.00. The van der Waals surface area contributed by atoms with Gasteiger partial charge in [0.1, 0.15) is 5.82 Å². The lowest BCUT2D eigenvalue weighted by Crippen LogP contribution is -2.33. The molecule has 0 spiro atoms. The van der Waals surface area contributed by atoms with E-state index in [1.807, 2.05) is 6.92 Å². The molecule has 1 heterocycles. The highest BCUT2D eigenvalue weighted by molar-refractivity contribution is 6.29. The average Bonchev–Trinajstić information content (AvgIpc) is 2.17. The minimum atomic E-state index is -0.712. The minimum absolute atomic E-state index is 0.362. The van der Waals surface area contributed by atoms with Gasteiger partial charge in [-0.05, 0) is 25.5 Å². The Balaban J connectivity index is 2.46. The van der Waals surface area contributed by atoms with Gasteiger partial charge in [-0.25, -0.2) is 0 Å². The molecule has 0 aliphatic heterocycles. The summed E-state index contributed by atoms with van der Waals surface area (Å²) in [6.45, 7) is 4.29. The van der Waals surface area contributed by atoms with Gasteiger partial charge in [-0.2, -0.15) is 0 Å². The van der Waals surface area contributed by atoms with E-state index in [0.29, 0.717) is 17.5 Å². The largest absolute Gasteiger partial charge is 0.388 e. The van der Waals surface area contributed by atoms with Crippen molar-refractivity contribution in [2.24, 2.45) is 0 Å². The molecule has 2 N–H and O–H groups in total. The van der Waals surface area contributed by atoms with Crippen LogP contribution in [0.1, 0.15) is 26.7 Å². The lowest BCUT2D eigenvalue weighted by Gasteiger charge is -2.22. The Bertz CT molecular complexity index is 300. The van der Waals surface area contributed by atoms with E-state index >= 15 is 0 Å². The fourth-order valence-corrected chi connectivity index (χ4v) is 1.42. The van der Waals surface area contributed by atoms with Crippen LogP contribution in [-0.4, -0.2) is 27.4 Å². The molecule has 1 rings (SSSR count). The Morgan fingerprint density at radius 2 is 2.20 bits per heavy atom. The summed E-state index contributed by atoms with van der Waals surface area (Å²) in [5, 5.41) is 20.8. The number of hydrogen-bond donors (Lipinski definition) is 2. The van der Waals surface area contributed by atoms with E-state index in [-0.39, 0.29) is 0 Å². The molecule has 0 aromatic carbocycles. The molecule has 0 amide bonds. The summed E-state index contributed by atoms with van der Waals surface area (Å²) in [5.74, 6) is 0.621. The summed E-state index contributed by atoms with van der Waals surface area (Å²) in [4.78, 5) is 0. The van der Waals surface area contributed by atoms with Crippen LogP contribution in [0.2, 0.25) is 5.15 Å². The van der Waals surface area contributed by atoms with Gasteiger partial charge in [0, 0.05) is 6.54 Å². The zero-order valence-corrected chi connectivity index (χ0v) is 9.75. The van der Waals surface area contributed by atoms with Crippen molar-refractivity contribution in [1.82, 2.24) is 10.2 Å². The van der Waals surface area contributed by atoms with Crippen molar-refractivity contribution in [2.75, 3.05) is 11.9 Å². The van der Waals surface area contributed by atoms with Gasteiger partial charge in [-0.15, -0.1) is 10.2 Å². The number of halogens is 1. The van der Waals surface area contributed by atoms with Crippen LogP contribution in [-0.2, 0) is 0 Å². The van der Waals surface area contributed by atoms with Gasteiger partial charge in [-0.1, -0.05) is 24.9 Å². The van der Waals surface area contributed by atoms with Crippen LogP contribution in [0.3, 0.4) is 0 Å². The van der Waals surface area contributed by atoms with Crippen molar-refractivity contribution in [3.63, 3.8) is 0 Å². The van der Waals surface area contributed by atoms with Crippen LogP contribution < -0.4 is 5.32 Å². The third kappa shape index (κ3) is 4.44. The molecule has 0 saturated carbocycles. The molecule has 0 radical (unpaired) electrons. The fourth-order valence-electron chi connectivity index (χ4n) is 1.32. The maximum atomic E-state index is 9.89. The second kappa shape index (κ2) is 5.28. The Hall–Kier alpha value is -0.870. The van der Waals surface area contributed by atoms with Crippen molar-refractivity contribution in [2.45, 2.75) is 32.3 Å². The van der Waals surface area contributed by atoms with Gasteiger partial charge in [0.25, 0.3) is 0 Å². The Labute approximate surface area is 94.7 Å². The van der Waals surface area contributed by atoms with Gasteiger partial charge in [0.05, 0.1) is 5.60 Å². The summed E-state index contributed by atoms with van der Waals surface area (Å²) in [6.07, 6.45) is 1.70. The number of nitrogens with zero attached hydrogens (tertiary/aromatic N) is 2. The predicted octanol–water partition coefficient (Wildman–Crippen LogP) is 2.09. The van der Waals surface area contributed by atoms with Crippen LogP contribution in [0.5, 0.6) is 0 Å². The molecule has 1 aromatic heterocycles. The molecule has 1 unspecified atom stereocenters. The van der Waals surface area contributed by atoms with E-state index in [1.165, 1.54) is 0 Å². The summed E-state index contributed by atoms with van der Waals surface area (Å²) in [6, 6.07) is 3.39. The molecule has 0 aliphatic carbocycles. The van der Waals surface area contributed by atoms with Crippen molar-refractivity contribution >= 4 is 17.4 Å². The van der Waals surface area contributed by atoms with Gasteiger partial charge >= 0.3 is 0 Å². The first-order valence-electron chi connectivity index (χ1n) is 4.99. The van der Waals surface area contributed by atoms with Gasteiger partial charge in [0.15, 0.2) is 5.15 Å².